The van der Waals surface area contributed by atoms with Crippen LogP contribution in [0.4, 0.5) is 0 Å². The van der Waals surface area contributed by atoms with Crippen molar-refractivity contribution < 1.29 is 19.1 Å². The predicted octanol–water partition coefficient (Wildman–Crippen LogP) is 1.68. The van der Waals surface area contributed by atoms with Crippen LogP contribution in [0.25, 0.3) is 0 Å². The predicted molar refractivity (Wildman–Crippen MR) is 112 cm³/mol. The maximum absolute atomic E-state index is 13.1. The van der Waals surface area contributed by atoms with Gasteiger partial charge in [0, 0.05) is 18.0 Å². The first-order chi connectivity index (χ1) is 14.8. The third kappa shape index (κ3) is 4.14. The molecule has 1 unspecified atom stereocenters. The molecule has 1 fully saturated rings. The zero-order valence-electron chi connectivity index (χ0n) is 18.5. The van der Waals surface area contributed by atoms with E-state index < -0.39 is 5.60 Å². The molecule has 31 heavy (non-hydrogen) atoms. The highest BCUT2D eigenvalue weighted by Gasteiger charge is 2.45. The van der Waals surface area contributed by atoms with Crippen LogP contribution in [-0.4, -0.2) is 57.5 Å². The highest BCUT2D eigenvalue weighted by molar-refractivity contribution is 5.96. The van der Waals surface area contributed by atoms with Crippen LogP contribution in [0.3, 0.4) is 0 Å². The minimum absolute atomic E-state index is 0.00195. The second-order valence-corrected chi connectivity index (χ2v) is 8.64. The molecule has 1 N–H and O–H groups in total. The van der Waals surface area contributed by atoms with Gasteiger partial charge in [-0.3, -0.25) is 9.59 Å². The molecule has 1 aromatic carbocycles. The van der Waals surface area contributed by atoms with Crippen LogP contribution in [-0.2, 0) is 29.2 Å². The lowest BCUT2D eigenvalue weighted by molar-refractivity contribution is -0.124. The first-order valence-corrected chi connectivity index (χ1v) is 10.6. The summed E-state index contributed by atoms with van der Waals surface area (Å²) in [6.45, 7) is 8.00. The van der Waals surface area contributed by atoms with Crippen molar-refractivity contribution in [1.82, 2.24) is 25.2 Å². The van der Waals surface area contributed by atoms with Gasteiger partial charge in [-0.2, -0.15) is 0 Å². The summed E-state index contributed by atoms with van der Waals surface area (Å²) in [6.07, 6.45) is 0.743. The van der Waals surface area contributed by atoms with Crippen molar-refractivity contribution in [3.05, 3.63) is 40.7 Å². The van der Waals surface area contributed by atoms with E-state index in [-0.39, 0.29) is 17.7 Å². The molecule has 1 aromatic heterocycles. The van der Waals surface area contributed by atoms with Crippen molar-refractivity contribution in [3.8, 4) is 5.75 Å². The highest BCUT2D eigenvalue weighted by atomic mass is 16.5. The number of methoxy groups -OCH3 is 1. The van der Waals surface area contributed by atoms with Crippen molar-refractivity contribution >= 4 is 11.8 Å². The van der Waals surface area contributed by atoms with E-state index in [1.165, 1.54) is 0 Å². The Hall–Kier alpha value is -2.94. The number of ether oxygens (including phenoxy) is 2. The van der Waals surface area contributed by atoms with Crippen LogP contribution in [0.2, 0.25) is 0 Å². The number of aromatic nitrogens is 3. The lowest BCUT2D eigenvalue weighted by Crippen LogP contribution is -2.45. The molecule has 166 valence electrons. The van der Waals surface area contributed by atoms with Crippen LogP contribution >= 0.6 is 0 Å². The Morgan fingerprint density at radius 1 is 1.32 bits per heavy atom. The number of carbonyl (C=O) groups excluding carboxylic acids is 2. The SMILES string of the molecule is COc1ccc(C(=O)N2CCC3(C2)Cn2nnc(CNC(=O)C(C)C)c2CO3)c(C)c1. The molecular weight excluding hydrogens is 398 g/mol. The van der Waals surface area contributed by atoms with Crippen molar-refractivity contribution in [2.75, 3.05) is 20.2 Å². The largest absolute Gasteiger partial charge is 0.497 e. The van der Waals surface area contributed by atoms with Crippen molar-refractivity contribution in [3.63, 3.8) is 0 Å². The Kier molecular flexibility index (Phi) is 5.70. The summed E-state index contributed by atoms with van der Waals surface area (Å²) in [6, 6.07) is 5.50. The second-order valence-electron chi connectivity index (χ2n) is 8.64. The maximum atomic E-state index is 13.1. The normalized spacial score (nSPS) is 20.2. The Morgan fingerprint density at radius 3 is 2.84 bits per heavy atom. The molecule has 1 spiro atoms. The van der Waals surface area contributed by atoms with Gasteiger partial charge in [-0.25, -0.2) is 4.68 Å². The van der Waals surface area contributed by atoms with Crippen LogP contribution in [0.5, 0.6) is 5.75 Å². The lowest BCUT2D eigenvalue weighted by atomic mass is 10.0. The van der Waals surface area contributed by atoms with Crippen LogP contribution in [0.15, 0.2) is 18.2 Å². The van der Waals surface area contributed by atoms with Crippen LogP contribution in [0.1, 0.15) is 47.6 Å². The smallest absolute Gasteiger partial charge is 0.254 e. The third-order valence-corrected chi connectivity index (χ3v) is 6.09. The van der Waals surface area contributed by atoms with Crippen LogP contribution in [0, 0.1) is 12.8 Å². The van der Waals surface area contributed by atoms with Gasteiger partial charge < -0.3 is 19.7 Å². The summed E-state index contributed by atoms with van der Waals surface area (Å²) >= 11 is 0. The molecule has 3 heterocycles. The number of nitrogens with one attached hydrogen (secondary N) is 1. The number of benzene rings is 1. The average molecular weight is 428 g/mol. The molecule has 2 aromatic rings. The molecule has 0 bridgehead atoms. The zero-order chi connectivity index (χ0) is 22.2. The monoisotopic (exact) mass is 427 g/mol. The van der Waals surface area contributed by atoms with Crippen LogP contribution < -0.4 is 10.1 Å². The minimum atomic E-state index is -0.463. The van der Waals surface area contributed by atoms with E-state index >= 15 is 0 Å². The quantitative estimate of drug-likeness (QED) is 0.780. The summed E-state index contributed by atoms with van der Waals surface area (Å²) in [5.41, 5.74) is 2.71. The van der Waals surface area contributed by atoms with Gasteiger partial charge in [-0.15, -0.1) is 5.10 Å². The van der Waals surface area contributed by atoms with Gasteiger partial charge in [0.25, 0.3) is 5.91 Å². The number of aryl methyl sites for hydroxylation is 1. The Bertz CT molecular complexity index is 1000. The number of rotatable bonds is 5. The van der Waals surface area contributed by atoms with Crippen molar-refractivity contribution in [2.45, 2.75) is 52.5 Å². The summed E-state index contributed by atoms with van der Waals surface area (Å²) in [5.74, 6) is 0.639. The van der Waals surface area contributed by atoms with Crippen molar-refractivity contribution in [2.24, 2.45) is 5.92 Å². The average Bonchev–Trinajstić information content (AvgIpc) is 3.35. The van der Waals surface area contributed by atoms with Crippen molar-refractivity contribution in [1.29, 1.82) is 0 Å². The number of nitrogens with zero attached hydrogens (tertiary/aromatic N) is 4. The first-order valence-electron chi connectivity index (χ1n) is 10.6. The molecule has 9 nitrogen and oxygen atoms in total. The van der Waals surface area contributed by atoms with Gasteiger partial charge in [-0.05, 0) is 37.1 Å². The lowest BCUT2D eigenvalue weighted by Gasteiger charge is -2.34. The summed E-state index contributed by atoms with van der Waals surface area (Å²) in [4.78, 5) is 26.8. The number of likely N-dealkylation sites (tertiary alicyclic amines) is 1. The van der Waals surface area contributed by atoms with E-state index in [2.05, 4.69) is 15.6 Å². The highest BCUT2D eigenvalue weighted by Crippen LogP contribution is 2.33. The Balaban J connectivity index is 1.43. The van der Waals surface area contributed by atoms with Gasteiger partial charge in [0.05, 0.1) is 39.0 Å². The van der Waals surface area contributed by atoms with Gasteiger partial charge >= 0.3 is 0 Å². The molecular formula is C22H29N5O4. The summed E-state index contributed by atoms with van der Waals surface area (Å²) < 4.78 is 13.4. The molecule has 0 saturated carbocycles. The first kappa shape index (κ1) is 21.3. The Morgan fingerprint density at radius 2 is 2.13 bits per heavy atom. The molecule has 1 saturated heterocycles. The standard InChI is InChI=1S/C22H29N5O4/c1-14(2)20(28)23-10-18-19-11-31-22(13-27(19)25-24-18)7-8-26(12-22)21(29)17-6-5-16(30-4)9-15(17)3/h5-6,9,14H,7-8,10-13H2,1-4H3,(H,23,28). The van der Waals surface area contributed by atoms with E-state index in [4.69, 9.17) is 9.47 Å². The zero-order valence-corrected chi connectivity index (χ0v) is 18.5. The number of amides is 2. The minimum Gasteiger partial charge on any atom is -0.497 e. The van der Waals surface area contributed by atoms with Gasteiger partial charge in [0.2, 0.25) is 5.91 Å². The van der Waals surface area contributed by atoms with E-state index in [1.807, 2.05) is 48.6 Å². The fourth-order valence-corrected chi connectivity index (χ4v) is 4.14. The van der Waals surface area contributed by atoms with Gasteiger partial charge in [0.15, 0.2) is 0 Å². The van der Waals surface area contributed by atoms with Gasteiger partial charge in [-0.1, -0.05) is 19.1 Å². The second kappa shape index (κ2) is 8.30. The number of carbonyl (C=O) groups is 2. The molecule has 0 aliphatic carbocycles. The maximum Gasteiger partial charge on any atom is 0.254 e. The van der Waals surface area contributed by atoms with E-state index in [0.29, 0.717) is 38.3 Å². The van der Waals surface area contributed by atoms with E-state index in [1.54, 1.807) is 7.11 Å². The van der Waals surface area contributed by atoms with E-state index in [0.717, 1.165) is 29.1 Å². The fraction of sp³-hybridized carbons (Fsp3) is 0.545. The number of fused-ring (bicyclic) bond motifs is 1. The third-order valence-electron chi connectivity index (χ3n) is 6.09. The number of hydrogen-bond acceptors (Lipinski definition) is 6. The van der Waals surface area contributed by atoms with Gasteiger partial charge in [0.1, 0.15) is 17.0 Å². The molecule has 2 amide bonds. The number of hydrogen-bond donors (Lipinski definition) is 1. The topological polar surface area (TPSA) is 98.6 Å². The Labute approximate surface area is 181 Å². The molecule has 2 aliphatic heterocycles. The molecule has 9 heteroatoms. The summed E-state index contributed by atoms with van der Waals surface area (Å²) in [5, 5.41) is 11.4. The molecule has 4 rings (SSSR count). The molecule has 1 atom stereocenters. The molecule has 0 radical (unpaired) electrons. The summed E-state index contributed by atoms with van der Waals surface area (Å²) in [7, 11) is 1.61. The van der Waals surface area contributed by atoms with E-state index in [9.17, 15) is 9.59 Å². The fourth-order valence-electron chi connectivity index (χ4n) is 4.14. The molecule has 2 aliphatic rings.